The van der Waals surface area contributed by atoms with Gasteiger partial charge in [0.25, 0.3) is 0 Å². The van der Waals surface area contributed by atoms with Gasteiger partial charge in [-0.15, -0.1) is 0 Å². The molecule has 0 bridgehead atoms. The van der Waals surface area contributed by atoms with Crippen LogP contribution in [0.2, 0.25) is 0 Å². The molecule has 0 heterocycles. The number of carbonyl (C=O) groups is 2. The van der Waals surface area contributed by atoms with E-state index in [1.165, 1.54) is 161 Å². The summed E-state index contributed by atoms with van der Waals surface area (Å²) in [5.41, 5.74) is 5.57. The first-order chi connectivity index (χ1) is 19.6. The van der Waals surface area contributed by atoms with E-state index in [1.807, 2.05) is 0 Å². The highest BCUT2D eigenvalue weighted by Gasteiger charge is 2.17. The van der Waals surface area contributed by atoms with Crippen molar-refractivity contribution in [3.63, 3.8) is 0 Å². The number of nitrogens with one attached hydrogen (secondary N) is 1. The lowest BCUT2D eigenvalue weighted by Crippen LogP contribution is -2.44. The van der Waals surface area contributed by atoms with Crippen LogP contribution in [-0.2, 0) is 9.59 Å². The normalized spacial score (nSPS) is 12.1. The quantitative estimate of drug-likeness (QED) is 0.0778. The molecular formula is C36H72N2O2. The fraction of sp³-hybridized carbons (Fsp3) is 0.944. The van der Waals surface area contributed by atoms with E-state index in [9.17, 15) is 9.59 Å². The highest BCUT2D eigenvalue weighted by atomic mass is 16.2. The first-order valence-electron chi connectivity index (χ1n) is 18.2. The van der Waals surface area contributed by atoms with Crippen molar-refractivity contribution in [2.75, 3.05) is 0 Å². The zero-order valence-electron chi connectivity index (χ0n) is 27.4. The smallest absolute Gasteiger partial charge is 0.239 e. The third kappa shape index (κ3) is 29.9. The van der Waals surface area contributed by atoms with Crippen LogP contribution in [0.25, 0.3) is 0 Å². The fourth-order valence-electron chi connectivity index (χ4n) is 5.75. The average Bonchev–Trinajstić information content (AvgIpc) is 2.94. The second-order valence-electron chi connectivity index (χ2n) is 12.6. The van der Waals surface area contributed by atoms with Crippen LogP contribution in [0.4, 0.5) is 0 Å². The van der Waals surface area contributed by atoms with E-state index in [4.69, 9.17) is 5.73 Å². The van der Waals surface area contributed by atoms with E-state index in [0.717, 1.165) is 25.7 Å². The van der Waals surface area contributed by atoms with Crippen molar-refractivity contribution >= 4 is 11.8 Å². The summed E-state index contributed by atoms with van der Waals surface area (Å²) >= 11 is 0. The first-order valence-corrected chi connectivity index (χ1v) is 18.2. The van der Waals surface area contributed by atoms with Crippen LogP contribution in [0.3, 0.4) is 0 Å². The molecule has 0 radical (unpaired) electrons. The molecule has 0 spiro atoms. The number of rotatable bonds is 33. The van der Waals surface area contributed by atoms with Crippen molar-refractivity contribution in [1.82, 2.24) is 5.32 Å². The molecule has 4 nitrogen and oxygen atoms in total. The Morgan fingerprint density at radius 1 is 0.450 bits per heavy atom. The molecule has 3 N–H and O–H groups in total. The number of primary amides is 1. The van der Waals surface area contributed by atoms with Gasteiger partial charge < -0.3 is 11.1 Å². The maximum Gasteiger partial charge on any atom is 0.239 e. The van der Waals surface area contributed by atoms with Gasteiger partial charge in [0.2, 0.25) is 11.8 Å². The van der Waals surface area contributed by atoms with Gasteiger partial charge in [-0.25, -0.2) is 0 Å². The molecule has 0 aliphatic rings. The predicted molar refractivity (Wildman–Crippen MR) is 176 cm³/mol. The lowest BCUT2D eigenvalue weighted by Gasteiger charge is -2.15. The van der Waals surface area contributed by atoms with Crippen molar-refractivity contribution in [2.45, 2.75) is 219 Å². The Morgan fingerprint density at radius 3 is 1.02 bits per heavy atom. The number of hydrogen-bond acceptors (Lipinski definition) is 2. The van der Waals surface area contributed by atoms with Crippen molar-refractivity contribution in [3.8, 4) is 0 Å². The zero-order chi connectivity index (χ0) is 29.4. The summed E-state index contributed by atoms with van der Waals surface area (Å²) in [6.07, 6.45) is 39.4. The molecule has 238 valence electrons. The highest BCUT2D eigenvalue weighted by molar-refractivity contribution is 5.86. The van der Waals surface area contributed by atoms with Gasteiger partial charge in [0.15, 0.2) is 0 Å². The molecule has 0 aromatic heterocycles. The molecule has 4 heteroatoms. The highest BCUT2D eigenvalue weighted by Crippen LogP contribution is 2.15. The summed E-state index contributed by atoms with van der Waals surface area (Å²) < 4.78 is 0. The first kappa shape index (κ1) is 38.9. The fourth-order valence-corrected chi connectivity index (χ4v) is 5.75. The molecule has 0 saturated carbocycles. The third-order valence-corrected chi connectivity index (χ3v) is 8.53. The molecule has 0 aromatic rings. The second kappa shape index (κ2) is 32.5. The zero-order valence-corrected chi connectivity index (χ0v) is 27.4. The van der Waals surface area contributed by atoms with Gasteiger partial charge in [0.05, 0.1) is 0 Å². The molecular weight excluding hydrogens is 492 g/mol. The molecule has 1 atom stereocenters. The number of carbonyl (C=O) groups excluding carboxylic acids is 2. The second-order valence-corrected chi connectivity index (χ2v) is 12.6. The molecule has 2 amide bonds. The van der Waals surface area contributed by atoms with Crippen molar-refractivity contribution in [1.29, 1.82) is 0 Å². The van der Waals surface area contributed by atoms with Gasteiger partial charge in [-0.2, -0.15) is 0 Å². The Bertz CT molecular complexity index is 537. The van der Waals surface area contributed by atoms with Crippen molar-refractivity contribution in [3.05, 3.63) is 0 Å². The standard InChI is InChI=1S/C36H72N2O2/c1-3-5-7-9-11-13-15-17-19-21-23-25-27-29-31-33-35(39)38-34(36(37)40)32-30-28-26-24-22-20-18-16-14-12-10-8-6-4-2/h34H,3-33H2,1-2H3,(H2,37,40)(H,38,39). The summed E-state index contributed by atoms with van der Waals surface area (Å²) in [5.74, 6) is -0.400. The van der Waals surface area contributed by atoms with E-state index in [2.05, 4.69) is 19.2 Å². The molecule has 0 saturated heterocycles. The number of amides is 2. The Balaban J connectivity index is 3.52. The molecule has 0 aliphatic heterocycles. The molecule has 0 rings (SSSR count). The van der Waals surface area contributed by atoms with Gasteiger partial charge >= 0.3 is 0 Å². The van der Waals surface area contributed by atoms with Crippen LogP contribution in [0.1, 0.15) is 213 Å². The molecule has 0 aromatic carbocycles. The Labute approximate surface area is 251 Å². The van der Waals surface area contributed by atoms with Gasteiger partial charge in [-0.05, 0) is 12.8 Å². The summed E-state index contributed by atoms with van der Waals surface area (Å²) in [7, 11) is 0. The van der Waals surface area contributed by atoms with Gasteiger partial charge in [0.1, 0.15) is 6.04 Å². The minimum atomic E-state index is -0.499. The molecule has 40 heavy (non-hydrogen) atoms. The van der Waals surface area contributed by atoms with Crippen LogP contribution in [0.15, 0.2) is 0 Å². The monoisotopic (exact) mass is 565 g/mol. The lowest BCUT2D eigenvalue weighted by molar-refractivity contribution is -0.127. The average molecular weight is 565 g/mol. The van der Waals surface area contributed by atoms with Gasteiger partial charge in [0, 0.05) is 6.42 Å². The number of hydrogen-bond donors (Lipinski definition) is 2. The largest absolute Gasteiger partial charge is 0.368 e. The maximum absolute atomic E-state index is 12.3. The van der Waals surface area contributed by atoms with Crippen LogP contribution in [-0.4, -0.2) is 17.9 Å². The predicted octanol–water partition coefficient (Wildman–Crippen LogP) is 11.1. The van der Waals surface area contributed by atoms with E-state index < -0.39 is 6.04 Å². The van der Waals surface area contributed by atoms with E-state index >= 15 is 0 Å². The van der Waals surface area contributed by atoms with Gasteiger partial charge in [-0.1, -0.05) is 194 Å². The number of unbranched alkanes of at least 4 members (excludes halogenated alkanes) is 27. The minimum Gasteiger partial charge on any atom is -0.368 e. The summed E-state index contributed by atoms with van der Waals surface area (Å²) in [4.78, 5) is 24.1. The van der Waals surface area contributed by atoms with E-state index in [-0.39, 0.29) is 11.8 Å². The van der Waals surface area contributed by atoms with E-state index in [0.29, 0.717) is 12.8 Å². The Kier molecular flexibility index (Phi) is 31.6. The topological polar surface area (TPSA) is 72.2 Å². The lowest BCUT2D eigenvalue weighted by atomic mass is 10.0. The van der Waals surface area contributed by atoms with Crippen LogP contribution in [0.5, 0.6) is 0 Å². The van der Waals surface area contributed by atoms with E-state index in [1.54, 1.807) is 0 Å². The SMILES string of the molecule is CCCCCCCCCCCCCCCCCC(=O)NC(CCCCCCCCCCCCCCCC)C(N)=O. The maximum atomic E-state index is 12.3. The van der Waals surface area contributed by atoms with Crippen LogP contribution < -0.4 is 11.1 Å². The summed E-state index contributed by atoms with van der Waals surface area (Å²) in [6.45, 7) is 4.55. The molecule has 0 aliphatic carbocycles. The van der Waals surface area contributed by atoms with Crippen molar-refractivity contribution < 1.29 is 9.59 Å². The summed E-state index contributed by atoms with van der Waals surface area (Å²) in [5, 5.41) is 2.90. The van der Waals surface area contributed by atoms with Gasteiger partial charge in [-0.3, -0.25) is 9.59 Å². The van der Waals surface area contributed by atoms with Crippen molar-refractivity contribution in [2.24, 2.45) is 5.73 Å². The third-order valence-electron chi connectivity index (χ3n) is 8.53. The number of nitrogens with two attached hydrogens (primary N) is 1. The Hall–Kier alpha value is -1.06. The van der Waals surface area contributed by atoms with Crippen LogP contribution in [0, 0.1) is 0 Å². The summed E-state index contributed by atoms with van der Waals surface area (Å²) in [6, 6.07) is -0.499. The molecule has 1 unspecified atom stereocenters. The minimum absolute atomic E-state index is 0.0103. The molecule has 0 fully saturated rings. The van der Waals surface area contributed by atoms with Crippen LogP contribution >= 0.6 is 0 Å². The Morgan fingerprint density at radius 2 is 0.725 bits per heavy atom.